The van der Waals surface area contributed by atoms with Gasteiger partial charge in [0.25, 0.3) is 0 Å². The van der Waals surface area contributed by atoms with Crippen LogP contribution in [0.2, 0.25) is 0 Å². The first-order valence-corrected chi connectivity index (χ1v) is 11.6. The fourth-order valence-electron chi connectivity index (χ4n) is 5.17. The molecule has 0 bridgehead atoms. The Morgan fingerprint density at radius 3 is 1.88 bits per heavy atom. The molecule has 3 aromatic carbocycles. The van der Waals surface area contributed by atoms with Gasteiger partial charge >= 0.3 is 0 Å². The van der Waals surface area contributed by atoms with Gasteiger partial charge in [-0.2, -0.15) is 0 Å². The third kappa shape index (κ3) is 4.18. The zero-order valence-electron chi connectivity index (χ0n) is 19.1. The van der Waals surface area contributed by atoms with Crippen LogP contribution in [0.5, 0.6) is 0 Å². The summed E-state index contributed by atoms with van der Waals surface area (Å²) >= 11 is 0. The highest BCUT2D eigenvalue weighted by Gasteiger charge is 2.72. The first kappa shape index (κ1) is 23.2. The van der Waals surface area contributed by atoms with E-state index in [0.717, 1.165) is 16.7 Å². The number of ether oxygens (including phenoxy) is 4. The van der Waals surface area contributed by atoms with E-state index in [-0.39, 0.29) is 6.61 Å². The molecule has 1 aliphatic carbocycles. The third-order valence-electron chi connectivity index (χ3n) is 6.86. The van der Waals surface area contributed by atoms with Gasteiger partial charge in [-0.1, -0.05) is 91.0 Å². The molecule has 3 aromatic rings. The molecule has 1 saturated heterocycles. The van der Waals surface area contributed by atoms with E-state index in [0.29, 0.717) is 6.61 Å². The summed E-state index contributed by atoms with van der Waals surface area (Å²) in [6, 6.07) is 29.1. The third-order valence-corrected chi connectivity index (χ3v) is 6.86. The summed E-state index contributed by atoms with van der Waals surface area (Å²) in [5.41, 5.74) is 1.29. The van der Waals surface area contributed by atoms with Gasteiger partial charge < -0.3 is 29.2 Å². The van der Waals surface area contributed by atoms with Crippen LogP contribution in [-0.4, -0.2) is 53.6 Å². The molecule has 2 unspecified atom stereocenters. The molecule has 2 aliphatic rings. The highest BCUT2D eigenvalue weighted by molar-refractivity contribution is 5.35. The van der Waals surface area contributed by atoms with Crippen molar-refractivity contribution in [2.75, 3.05) is 7.11 Å². The van der Waals surface area contributed by atoms with Crippen molar-refractivity contribution in [2.45, 2.75) is 55.4 Å². The number of fused-ring (bicyclic) bond motifs is 1. The molecule has 2 fully saturated rings. The van der Waals surface area contributed by atoms with Crippen LogP contribution >= 0.6 is 0 Å². The molecule has 1 aliphatic heterocycles. The van der Waals surface area contributed by atoms with Crippen LogP contribution in [0.4, 0.5) is 0 Å². The maximum absolute atomic E-state index is 12.1. The highest BCUT2D eigenvalue weighted by Crippen LogP contribution is 2.55. The summed E-state index contributed by atoms with van der Waals surface area (Å²) in [4.78, 5) is 0. The molecule has 6 heteroatoms. The Bertz CT molecular complexity index is 1050. The summed E-state index contributed by atoms with van der Waals surface area (Å²) in [5.74, 6) is -0.583. The minimum absolute atomic E-state index is 0.278. The topological polar surface area (TPSA) is 77.4 Å². The lowest BCUT2D eigenvalue weighted by Gasteiger charge is -2.63. The van der Waals surface area contributed by atoms with E-state index in [2.05, 4.69) is 0 Å². The molecule has 0 spiro atoms. The van der Waals surface area contributed by atoms with Gasteiger partial charge in [0, 0.05) is 13.0 Å². The normalized spacial score (nSPS) is 32.6. The molecule has 0 aromatic heterocycles. The van der Waals surface area contributed by atoms with Gasteiger partial charge in [-0.15, -0.1) is 0 Å². The molecular weight excluding hydrogens is 432 g/mol. The Balaban J connectivity index is 1.47. The molecule has 178 valence electrons. The van der Waals surface area contributed by atoms with E-state index in [1.54, 1.807) is 0 Å². The largest absolute Gasteiger partial charge is 0.390 e. The summed E-state index contributed by atoms with van der Waals surface area (Å²) in [6.07, 6.45) is -4.08. The van der Waals surface area contributed by atoms with Crippen molar-refractivity contribution in [1.82, 2.24) is 0 Å². The Morgan fingerprint density at radius 1 is 0.794 bits per heavy atom. The number of aliphatic hydroxyl groups excluding tert-OH is 1. The second-order valence-electron chi connectivity index (χ2n) is 8.91. The summed E-state index contributed by atoms with van der Waals surface area (Å²) < 4.78 is 24.4. The van der Waals surface area contributed by atoms with Crippen molar-refractivity contribution in [3.63, 3.8) is 0 Å². The lowest BCUT2D eigenvalue weighted by atomic mass is 9.57. The predicted octanol–water partition coefficient (Wildman–Crippen LogP) is 3.42. The van der Waals surface area contributed by atoms with Gasteiger partial charge in [-0.25, -0.2) is 0 Å². The van der Waals surface area contributed by atoms with Crippen LogP contribution in [-0.2, 0) is 32.2 Å². The maximum atomic E-state index is 12.1. The molecule has 0 radical (unpaired) electrons. The summed E-state index contributed by atoms with van der Waals surface area (Å²) in [7, 11) is 1.53. The number of aliphatic hydroxyl groups is 2. The van der Waals surface area contributed by atoms with Gasteiger partial charge in [0.15, 0.2) is 6.29 Å². The number of rotatable bonds is 8. The standard InChI is InChI=1S/C28H30O6/c1-31-27-24(32-17-19-11-5-2-6-12-19)26(33-18-20-13-7-3-8-14-20)28(30)22(23(29)25(28)34-27)21-15-9-4-10-16-21/h2-16,22-27,29-30H,17-18H2,1H3/t22?,23?,24-,25+,26-,27-,28+/m0/s1. The van der Waals surface area contributed by atoms with Crippen molar-refractivity contribution >= 4 is 0 Å². The SMILES string of the molecule is CO[C@H]1O[C@@H]2C(O)C(c3ccccc3)[C@]2(O)[C@@H](OCc2ccccc2)[C@@H]1OCc1ccccc1. The molecule has 5 rings (SSSR count). The fourth-order valence-corrected chi connectivity index (χ4v) is 5.17. The predicted molar refractivity (Wildman–Crippen MR) is 126 cm³/mol. The van der Waals surface area contributed by atoms with Gasteiger partial charge in [-0.3, -0.25) is 0 Å². The number of hydrogen-bond acceptors (Lipinski definition) is 6. The van der Waals surface area contributed by atoms with E-state index in [9.17, 15) is 10.2 Å². The Morgan fingerprint density at radius 2 is 1.32 bits per heavy atom. The van der Waals surface area contributed by atoms with E-state index in [4.69, 9.17) is 18.9 Å². The van der Waals surface area contributed by atoms with E-state index >= 15 is 0 Å². The second kappa shape index (κ2) is 9.96. The lowest BCUT2D eigenvalue weighted by molar-refractivity contribution is -0.395. The van der Waals surface area contributed by atoms with Crippen LogP contribution in [0, 0.1) is 0 Å². The molecule has 1 heterocycles. The van der Waals surface area contributed by atoms with Crippen molar-refractivity contribution in [3.05, 3.63) is 108 Å². The molecule has 2 N–H and O–H groups in total. The minimum Gasteiger partial charge on any atom is -0.390 e. The van der Waals surface area contributed by atoms with Crippen LogP contribution in [0.3, 0.4) is 0 Å². The van der Waals surface area contributed by atoms with Gasteiger partial charge in [-0.05, 0) is 16.7 Å². The van der Waals surface area contributed by atoms with Crippen molar-refractivity contribution in [2.24, 2.45) is 0 Å². The second-order valence-corrected chi connectivity index (χ2v) is 8.91. The molecule has 34 heavy (non-hydrogen) atoms. The van der Waals surface area contributed by atoms with Crippen molar-refractivity contribution < 1.29 is 29.2 Å². The number of benzene rings is 3. The molecule has 6 nitrogen and oxygen atoms in total. The van der Waals surface area contributed by atoms with Gasteiger partial charge in [0.05, 0.1) is 19.3 Å². The van der Waals surface area contributed by atoms with Crippen LogP contribution in [0.15, 0.2) is 91.0 Å². The molecule has 0 amide bonds. The average Bonchev–Trinajstić information content (AvgIpc) is 2.88. The van der Waals surface area contributed by atoms with E-state index < -0.39 is 42.2 Å². The first-order valence-electron chi connectivity index (χ1n) is 11.6. The highest BCUT2D eigenvalue weighted by atomic mass is 16.7. The first-order chi connectivity index (χ1) is 16.6. The molecule has 7 atom stereocenters. The smallest absolute Gasteiger partial charge is 0.186 e. The summed E-state index contributed by atoms with van der Waals surface area (Å²) in [5, 5.41) is 23.1. The lowest BCUT2D eigenvalue weighted by Crippen LogP contribution is -2.80. The zero-order chi connectivity index (χ0) is 23.5. The summed E-state index contributed by atoms with van der Waals surface area (Å²) in [6.45, 7) is 0.582. The fraction of sp³-hybridized carbons (Fsp3) is 0.357. The average molecular weight is 463 g/mol. The molecular formula is C28H30O6. The number of methoxy groups -OCH3 is 1. The van der Waals surface area contributed by atoms with E-state index in [1.807, 2.05) is 91.0 Å². The maximum Gasteiger partial charge on any atom is 0.186 e. The Hall–Kier alpha value is -2.58. The van der Waals surface area contributed by atoms with Gasteiger partial charge in [0.2, 0.25) is 0 Å². The monoisotopic (exact) mass is 462 g/mol. The van der Waals surface area contributed by atoms with E-state index in [1.165, 1.54) is 7.11 Å². The Labute approximate surface area is 199 Å². The Kier molecular flexibility index (Phi) is 6.79. The van der Waals surface area contributed by atoms with Crippen LogP contribution in [0.1, 0.15) is 22.6 Å². The van der Waals surface area contributed by atoms with Crippen LogP contribution in [0.25, 0.3) is 0 Å². The van der Waals surface area contributed by atoms with Gasteiger partial charge in [0.1, 0.15) is 23.9 Å². The number of hydrogen-bond donors (Lipinski definition) is 2. The minimum atomic E-state index is -1.49. The van der Waals surface area contributed by atoms with Crippen LogP contribution < -0.4 is 0 Å². The zero-order valence-corrected chi connectivity index (χ0v) is 19.1. The van der Waals surface area contributed by atoms with Crippen molar-refractivity contribution in [3.8, 4) is 0 Å². The van der Waals surface area contributed by atoms with Crippen molar-refractivity contribution in [1.29, 1.82) is 0 Å². The molecule has 1 saturated carbocycles. The quantitative estimate of drug-likeness (QED) is 0.534.